The lowest BCUT2D eigenvalue weighted by Gasteiger charge is -2.09. The summed E-state index contributed by atoms with van der Waals surface area (Å²) in [6.07, 6.45) is 1.82. The van der Waals surface area contributed by atoms with Crippen LogP contribution in [-0.4, -0.2) is 24.7 Å². The molecule has 0 amide bonds. The second-order valence-electron chi connectivity index (χ2n) is 3.62. The molecule has 0 aliphatic rings. The standard InChI is InChI=1S/C13H15BrN2O/c1-2-17-9-8-15-12-6-7-16-13-10(12)4-3-5-11(13)14/h3-7H,2,8-9H2,1H3,(H,15,16). The molecule has 1 heterocycles. The normalized spacial score (nSPS) is 10.7. The minimum Gasteiger partial charge on any atom is -0.382 e. The number of aromatic nitrogens is 1. The number of pyridine rings is 1. The summed E-state index contributed by atoms with van der Waals surface area (Å²) in [4.78, 5) is 4.37. The highest BCUT2D eigenvalue weighted by Crippen LogP contribution is 2.26. The van der Waals surface area contributed by atoms with Crippen molar-refractivity contribution in [1.29, 1.82) is 0 Å². The molecule has 0 unspecified atom stereocenters. The fraction of sp³-hybridized carbons (Fsp3) is 0.308. The monoisotopic (exact) mass is 294 g/mol. The maximum atomic E-state index is 5.30. The van der Waals surface area contributed by atoms with Gasteiger partial charge in [-0.2, -0.15) is 0 Å². The van der Waals surface area contributed by atoms with Gasteiger partial charge in [-0.1, -0.05) is 12.1 Å². The first-order chi connectivity index (χ1) is 8.33. The van der Waals surface area contributed by atoms with Gasteiger partial charge in [-0.3, -0.25) is 4.98 Å². The Kier molecular flexibility index (Phi) is 4.34. The number of rotatable bonds is 5. The van der Waals surface area contributed by atoms with Crippen molar-refractivity contribution in [3.8, 4) is 0 Å². The Morgan fingerprint density at radius 3 is 3.06 bits per heavy atom. The van der Waals surface area contributed by atoms with Gasteiger partial charge in [0.2, 0.25) is 0 Å². The zero-order chi connectivity index (χ0) is 12.1. The van der Waals surface area contributed by atoms with Crippen LogP contribution < -0.4 is 5.32 Å². The third kappa shape index (κ3) is 2.96. The van der Waals surface area contributed by atoms with Gasteiger partial charge < -0.3 is 10.1 Å². The Morgan fingerprint density at radius 1 is 1.35 bits per heavy atom. The maximum absolute atomic E-state index is 5.30. The van der Waals surface area contributed by atoms with Crippen LogP contribution in [0.15, 0.2) is 34.9 Å². The minimum absolute atomic E-state index is 0.717. The predicted octanol–water partition coefficient (Wildman–Crippen LogP) is 3.45. The van der Waals surface area contributed by atoms with Gasteiger partial charge in [-0.25, -0.2) is 0 Å². The summed E-state index contributed by atoms with van der Waals surface area (Å²) in [6.45, 7) is 4.27. The van der Waals surface area contributed by atoms with Gasteiger partial charge in [0.15, 0.2) is 0 Å². The molecule has 1 aromatic heterocycles. The summed E-state index contributed by atoms with van der Waals surface area (Å²) in [7, 11) is 0. The van der Waals surface area contributed by atoms with E-state index in [4.69, 9.17) is 4.74 Å². The first-order valence-corrected chi connectivity index (χ1v) is 6.47. The van der Waals surface area contributed by atoms with E-state index >= 15 is 0 Å². The lowest BCUT2D eigenvalue weighted by molar-refractivity contribution is 0.158. The number of nitrogens with zero attached hydrogens (tertiary/aromatic N) is 1. The van der Waals surface area contributed by atoms with Gasteiger partial charge in [0.25, 0.3) is 0 Å². The summed E-state index contributed by atoms with van der Waals surface area (Å²) >= 11 is 3.51. The number of hydrogen-bond acceptors (Lipinski definition) is 3. The Bertz CT molecular complexity index is 502. The molecule has 2 rings (SSSR count). The highest BCUT2D eigenvalue weighted by molar-refractivity contribution is 9.10. The van der Waals surface area contributed by atoms with Crippen LogP contribution in [0.1, 0.15) is 6.92 Å². The van der Waals surface area contributed by atoms with E-state index < -0.39 is 0 Å². The summed E-state index contributed by atoms with van der Waals surface area (Å²) in [5, 5.41) is 4.49. The van der Waals surface area contributed by atoms with Crippen LogP contribution >= 0.6 is 15.9 Å². The third-order valence-electron chi connectivity index (χ3n) is 2.49. The van der Waals surface area contributed by atoms with Crippen LogP contribution in [0.2, 0.25) is 0 Å². The molecule has 0 aliphatic heterocycles. The molecule has 3 nitrogen and oxygen atoms in total. The summed E-state index contributed by atoms with van der Waals surface area (Å²) in [5.74, 6) is 0. The van der Waals surface area contributed by atoms with E-state index in [0.29, 0.717) is 6.61 Å². The SMILES string of the molecule is CCOCCNc1ccnc2c(Br)cccc12. The number of fused-ring (bicyclic) bond motifs is 1. The molecule has 1 aromatic carbocycles. The second-order valence-corrected chi connectivity index (χ2v) is 4.47. The minimum atomic E-state index is 0.717. The van der Waals surface area contributed by atoms with Crippen molar-refractivity contribution in [3.05, 3.63) is 34.9 Å². The van der Waals surface area contributed by atoms with Gasteiger partial charge in [0.05, 0.1) is 12.1 Å². The zero-order valence-corrected chi connectivity index (χ0v) is 11.3. The number of hydrogen-bond donors (Lipinski definition) is 1. The Hall–Kier alpha value is -1.13. The van der Waals surface area contributed by atoms with E-state index in [1.54, 1.807) is 0 Å². The molecule has 17 heavy (non-hydrogen) atoms. The van der Waals surface area contributed by atoms with Crippen LogP contribution in [0.25, 0.3) is 10.9 Å². The van der Waals surface area contributed by atoms with Crippen LogP contribution in [0.5, 0.6) is 0 Å². The van der Waals surface area contributed by atoms with Crippen molar-refractivity contribution in [1.82, 2.24) is 4.98 Å². The second kappa shape index (κ2) is 5.98. The number of benzene rings is 1. The van der Waals surface area contributed by atoms with Crippen molar-refractivity contribution in [2.45, 2.75) is 6.92 Å². The van der Waals surface area contributed by atoms with Gasteiger partial charge >= 0.3 is 0 Å². The van der Waals surface area contributed by atoms with Gasteiger partial charge in [-0.15, -0.1) is 0 Å². The molecular weight excluding hydrogens is 280 g/mol. The topological polar surface area (TPSA) is 34.1 Å². The molecule has 2 aromatic rings. The summed E-state index contributed by atoms with van der Waals surface area (Å²) < 4.78 is 6.32. The summed E-state index contributed by atoms with van der Waals surface area (Å²) in [6, 6.07) is 8.07. The molecule has 90 valence electrons. The van der Waals surface area contributed by atoms with E-state index in [1.165, 1.54) is 0 Å². The molecule has 4 heteroatoms. The number of halogens is 1. The lowest BCUT2D eigenvalue weighted by atomic mass is 10.2. The average molecular weight is 295 g/mol. The molecular formula is C13H15BrN2O. The number of nitrogens with one attached hydrogen (secondary N) is 1. The number of anilines is 1. The highest BCUT2D eigenvalue weighted by Gasteiger charge is 2.03. The highest BCUT2D eigenvalue weighted by atomic mass is 79.9. The van der Waals surface area contributed by atoms with E-state index in [0.717, 1.165) is 34.2 Å². The van der Waals surface area contributed by atoms with Crippen molar-refractivity contribution in [2.75, 3.05) is 25.1 Å². The number of ether oxygens (including phenoxy) is 1. The van der Waals surface area contributed by atoms with Crippen LogP contribution in [0.4, 0.5) is 5.69 Å². The van der Waals surface area contributed by atoms with Crippen molar-refractivity contribution >= 4 is 32.5 Å². The molecule has 0 aliphatic carbocycles. The van der Waals surface area contributed by atoms with Crippen LogP contribution in [0.3, 0.4) is 0 Å². The third-order valence-corrected chi connectivity index (χ3v) is 3.13. The summed E-state index contributed by atoms with van der Waals surface area (Å²) in [5.41, 5.74) is 2.07. The van der Waals surface area contributed by atoms with Crippen molar-refractivity contribution in [2.24, 2.45) is 0 Å². The first-order valence-electron chi connectivity index (χ1n) is 5.67. The zero-order valence-electron chi connectivity index (χ0n) is 9.74. The fourth-order valence-electron chi connectivity index (χ4n) is 1.70. The molecule has 0 atom stereocenters. The van der Waals surface area contributed by atoms with E-state index in [-0.39, 0.29) is 0 Å². The van der Waals surface area contributed by atoms with Crippen molar-refractivity contribution in [3.63, 3.8) is 0 Å². The lowest BCUT2D eigenvalue weighted by Crippen LogP contribution is -2.09. The number of para-hydroxylation sites is 1. The maximum Gasteiger partial charge on any atom is 0.0864 e. The molecule has 0 saturated heterocycles. The molecule has 0 saturated carbocycles. The fourth-order valence-corrected chi connectivity index (χ4v) is 2.16. The van der Waals surface area contributed by atoms with E-state index in [2.05, 4.69) is 32.3 Å². The largest absolute Gasteiger partial charge is 0.382 e. The van der Waals surface area contributed by atoms with Crippen molar-refractivity contribution < 1.29 is 4.74 Å². The van der Waals surface area contributed by atoms with Crippen LogP contribution in [0, 0.1) is 0 Å². The van der Waals surface area contributed by atoms with Gasteiger partial charge in [-0.05, 0) is 35.0 Å². The Morgan fingerprint density at radius 2 is 2.24 bits per heavy atom. The average Bonchev–Trinajstić information content (AvgIpc) is 2.36. The first kappa shape index (κ1) is 12.3. The van der Waals surface area contributed by atoms with E-state index in [1.807, 2.05) is 31.3 Å². The van der Waals surface area contributed by atoms with Crippen LogP contribution in [-0.2, 0) is 4.74 Å². The smallest absolute Gasteiger partial charge is 0.0864 e. The Balaban J connectivity index is 2.19. The molecule has 0 fully saturated rings. The quantitative estimate of drug-likeness (QED) is 0.858. The van der Waals surface area contributed by atoms with E-state index in [9.17, 15) is 0 Å². The van der Waals surface area contributed by atoms with Gasteiger partial charge in [0, 0.05) is 34.9 Å². The molecule has 1 N–H and O–H groups in total. The molecule has 0 spiro atoms. The predicted molar refractivity (Wildman–Crippen MR) is 74.4 cm³/mol. The Labute approximate surface area is 109 Å². The van der Waals surface area contributed by atoms with Gasteiger partial charge in [0.1, 0.15) is 0 Å². The molecule has 0 radical (unpaired) electrons. The molecule has 0 bridgehead atoms.